The first-order chi connectivity index (χ1) is 9.69. The smallest absolute Gasteiger partial charge is 0.124 e. The Bertz CT molecular complexity index is 456. The van der Waals surface area contributed by atoms with Crippen molar-refractivity contribution in [2.45, 2.75) is 38.1 Å². The molecule has 0 radical (unpaired) electrons. The van der Waals surface area contributed by atoms with E-state index in [1.54, 1.807) is 0 Å². The Labute approximate surface area is 121 Å². The molecule has 20 heavy (non-hydrogen) atoms. The number of hydrogen-bond donors (Lipinski definition) is 1. The van der Waals surface area contributed by atoms with E-state index in [2.05, 4.69) is 42.3 Å². The summed E-state index contributed by atoms with van der Waals surface area (Å²) in [6, 6.07) is 9.02. The van der Waals surface area contributed by atoms with Gasteiger partial charge < -0.3 is 14.8 Å². The minimum atomic E-state index is 0.286. The number of likely N-dealkylation sites (N-methyl/N-ethyl adjacent to an activating group) is 1. The molecular weight excluding hydrogens is 252 g/mol. The number of hydrogen-bond acceptors (Lipinski definition) is 4. The summed E-state index contributed by atoms with van der Waals surface area (Å²) in [5, 5.41) is 3.47. The van der Waals surface area contributed by atoms with Crippen molar-refractivity contribution in [3.05, 3.63) is 29.8 Å². The second-order valence-electron chi connectivity index (χ2n) is 5.89. The molecule has 4 nitrogen and oxygen atoms in total. The van der Waals surface area contributed by atoms with Crippen LogP contribution in [0.15, 0.2) is 24.3 Å². The largest absolute Gasteiger partial charge is 0.492 e. The Balaban J connectivity index is 1.84. The first kappa shape index (κ1) is 13.9. The second-order valence-corrected chi connectivity index (χ2v) is 5.89. The lowest BCUT2D eigenvalue weighted by atomic mass is 9.94. The molecule has 3 rings (SSSR count). The average Bonchev–Trinajstić information content (AvgIpc) is 2.45. The maximum absolute atomic E-state index is 5.97. The molecule has 2 heterocycles. The summed E-state index contributed by atoms with van der Waals surface area (Å²) < 4.78 is 11.8. The first-order valence-corrected chi connectivity index (χ1v) is 7.47. The van der Waals surface area contributed by atoms with Crippen LogP contribution in [0.2, 0.25) is 0 Å². The fraction of sp³-hybridized carbons (Fsp3) is 0.625. The van der Waals surface area contributed by atoms with Gasteiger partial charge in [-0.25, -0.2) is 0 Å². The Morgan fingerprint density at radius 2 is 1.85 bits per heavy atom. The quantitative estimate of drug-likeness (QED) is 0.893. The van der Waals surface area contributed by atoms with Gasteiger partial charge in [0.05, 0.1) is 24.3 Å². The molecule has 4 heteroatoms. The molecule has 2 aliphatic heterocycles. The Hall–Kier alpha value is -1.10. The third-order valence-corrected chi connectivity index (χ3v) is 4.28. The van der Waals surface area contributed by atoms with Crippen molar-refractivity contribution in [2.75, 3.05) is 26.7 Å². The number of nitrogens with one attached hydrogen (secondary N) is 1. The van der Waals surface area contributed by atoms with Crippen molar-refractivity contribution >= 4 is 0 Å². The highest BCUT2D eigenvalue weighted by molar-refractivity contribution is 5.38. The summed E-state index contributed by atoms with van der Waals surface area (Å²) in [4.78, 5) is 2.51. The van der Waals surface area contributed by atoms with E-state index in [4.69, 9.17) is 9.47 Å². The predicted octanol–water partition coefficient (Wildman–Crippen LogP) is 1.82. The van der Waals surface area contributed by atoms with Crippen molar-refractivity contribution in [1.29, 1.82) is 0 Å². The zero-order valence-corrected chi connectivity index (χ0v) is 12.5. The fourth-order valence-corrected chi connectivity index (χ4v) is 3.50. The van der Waals surface area contributed by atoms with E-state index in [-0.39, 0.29) is 12.2 Å². The average molecular weight is 276 g/mol. The van der Waals surface area contributed by atoms with Crippen molar-refractivity contribution in [3.63, 3.8) is 0 Å². The summed E-state index contributed by atoms with van der Waals surface area (Å²) in [5.41, 5.74) is 1.26. The number of nitrogens with zero attached hydrogens (tertiary/aromatic N) is 1. The Morgan fingerprint density at radius 1 is 1.15 bits per heavy atom. The number of morpholine rings is 1. The van der Waals surface area contributed by atoms with Gasteiger partial charge in [-0.1, -0.05) is 18.2 Å². The molecule has 0 saturated carbocycles. The van der Waals surface area contributed by atoms with E-state index in [9.17, 15) is 0 Å². The van der Waals surface area contributed by atoms with Crippen LogP contribution in [-0.2, 0) is 4.74 Å². The van der Waals surface area contributed by atoms with E-state index in [1.165, 1.54) is 5.56 Å². The minimum absolute atomic E-state index is 0.286. The zero-order valence-electron chi connectivity index (χ0n) is 12.5. The van der Waals surface area contributed by atoms with E-state index in [0.29, 0.717) is 12.1 Å². The zero-order chi connectivity index (χ0) is 14.1. The fourth-order valence-electron chi connectivity index (χ4n) is 3.50. The van der Waals surface area contributed by atoms with E-state index >= 15 is 0 Å². The lowest BCUT2D eigenvalue weighted by Gasteiger charge is -2.45. The molecule has 110 valence electrons. The molecule has 0 spiro atoms. The molecule has 1 aromatic rings. The third kappa shape index (κ3) is 2.55. The lowest BCUT2D eigenvalue weighted by molar-refractivity contribution is -0.0910. The molecule has 0 aromatic heterocycles. The van der Waals surface area contributed by atoms with Crippen molar-refractivity contribution in [1.82, 2.24) is 10.2 Å². The number of para-hydroxylation sites is 1. The first-order valence-electron chi connectivity index (χ1n) is 7.47. The predicted molar refractivity (Wildman–Crippen MR) is 79.1 cm³/mol. The molecule has 2 unspecified atom stereocenters. The maximum atomic E-state index is 5.97. The summed E-state index contributed by atoms with van der Waals surface area (Å²) in [6.45, 7) is 6.97. The molecule has 0 amide bonds. The van der Waals surface area contributed by atoms with Crippen LogP contribution in [0.25, 0.3) is 0 Å². The molecule has 0 bridgehead atoms. The molecule has 1 saturated heterocycles. The van der Waals surface area contributed by atoms with Gasteiger partial charge in [-0.05, 0) is 27.0 Å². The molecule has 2 aliphatic rings. The van der Waals surface area contributed by atoms with Gasteiger partial charge >= 0.3 is 0 Å². The van der Waals surface area contributed by atoms with E-state index < -0.39 is 0 Å². The van der Waals surface area contributed by atoms with Crippen molar-refractivity contribution in [2.24, 2.45) is 0 Å². The molecule has 1 fully saturated rings. The summed E-state index contributed by atoms with van der Waals surface area (Å²) in [7, 11) is 2.03. The molecule has 4 atom stereocenters. The molecule has 0 aliphatic carbocycles. The SMILES string of the molecule is CNC1c2ccccc2OCC1N1C[C@@H](C)O[C@@H](C)C1. The van der Waals surface area contributed by atoms with Gasteiger partial charge in [0.1, 0.15) is 12.4 Å². The van der Waals surface area contributed by atoms with Crippen LogP contribution in [-0.4, -0.2) is 49.9 Å². The van der Waals surface area contributed by atoms with Crippen LogP contribution in [0.4, 0.5) is 0 Å². The van der Waals surface area contributed by atoms with Gasteiger partial charge in [0, 0.05) is 18.7 Å². The number of rotatable bonds is 2. The van der Waals surface area contributed by atoms with Crippen molar-refractivity contribution in [3.8, 4) is 5.75 Å². The number of benzene rings is 1. The van der Waals surface area contributed by atoms with Crippen LogP contribution in [0.1, 0.15) is 25.5 Å². The normalized spacial score (nSPS) is 34.4. The lowest BCUT2D eigenvalue weighted by Crippen LogP contribution is -2.56. The van der Waals surface area contributed by atoms with Gasteiger partial charge in [-0.15, -0.1) is 0 Å². The summed E-state index contributed by atoms with van der Waals surface area (Å²) in [5.74, 6) is 1.01. The van der Waals surface area contributed by atoms with Gasteiger partial charge in [0.15, 0.2) is 0 Å². The van der Waals surface area contributed by atoms with Crippen LogP contribution in [0, 0.1) is 0 Å². The van der Waals surface area contributed by atoms with E-state index in [1.807, 2.05) is 13.1 Å². The summed E-state index contributed by atoms with van der Waals surface area (Å²) >= 11 is 0. The van der Waals surface area contributed by atoms with Gasteiger partial charge in [-0.3, -0.25) is 4.90 Å². The van der Waals surface area contributed by atoms with Crippen LogP contribution in [0.5, 0.6) is 5.75 Å². The highest BCUT2D eigenvalue weighted by Crippen LogP contribution is 2.34. The minimum Gasteiger partial charge on any atom is -0.492 e. The number of ether oxygens (including phenoxy) is 2. The van der Waals surface area contributed by atoms with Gasteiger partial charge in [-0.2, -0.15) is 0 Å². The monoisotopic (exact) mass is 276 g/mol. The standard InChI is InChI=1S/C16H24N2O2/c1-11-8-18(9-12(2)20-11)14-10-19-15-7-5-4-6-13(15)16(14)17-3/h4-7,11-12,14,16-17H,8-10H2,1-3H3/t11-,12+,14?,16?. The molecule has 1 N–H and O–H groups in total. The van der Waals surface area contributed by atoms with Crippen LogP contribution >= 0.6 is 0 Å². The molecular formula is C16H24N2O2. The number of fused-ring (bicyclic) bond motifs is 1. The molecule has 1 aromatic carbocycles. The van der Waals surface area contributed by atoms with Gasteiger partial charge in [0.2, 0.25) is 0 Å². The van der Waals surface area contributed by atoms with Crippen LogP contribution in [0.3, 0.4) is 0 Å². The second kappa shape index (κ2) is 5.72. The van der Waals surface area contributed by atoms with Crippen molar-refractivity contribution < 1.29 is 9.47 Å². The van der Waals surface area contributed by atoms with Gasteiger partial charge in [0.25, 0.3) is 0 Å². The topological polar surface area (TPSA) is 33.7 Å². The highest BCUT2D eigenvalue weighted by atomic mass is 16.5. The maximum Gasteiger partial charge on any atom is 0.124 e. The van der Waals surface area contributed by atoms with E-state index in [0.717, 1.165) is 25.4 Å². The third-order valence-electron chi connectivity index (χ3n) is 4.28. The highest BCUT2D eigenvalue weighted by Gasteiger charge is 2.37. The Kier molecular flexibility index (Phi) is 3.96. The summed E-state index contributed by atoms with van der Waals surface area (Å²) in [6.07, 6.45) is 0.571. The van der Waals surface area contributed by atoms with Crippen LogP contribution < -0.4 is 10.1 Å². The Morgan fingerprint density at radius 3 is 2.55 bits per heavy atom.